The molecule has 0 saturated carbocycles. The molecule has 334 valence electrons. The van der Waals surface area contributed by atoms with Crippen molar-refractivity contribution in [2.24, 2.45) is 0 Å². The second-order valence-corrected chi connectivity index (χ2v) is 23.2. The van der Waals surface area contributed by atoms with Crippen LogP contribution in [0.1, 0.15) is 127 Å². The van der Waals surface area contributed by atoms with Gasteiger partial charge in [0.2, 0.25) is 0 Å². The summed E-state index contributed by atoms with van der Waals surface area (Å²) in [6.07, 6.45) is 2.33. The van der Waals surface area contributed by atoms with E-state index >= 15 is 0 Å². The Labute approximate surface area is 396 Å². The molecule has 0 saturated heterocycles. The molecule has 0 unspecified atom stereocenters. The van der Waals surface area contributed by atoms with Gasteiger partial charge in [-0.15, -0.1) is 0 Å². The topological polar surface area (TPSA) is 9.72 Å². The summed E-state index contributed by atoms with van der Waals surface area (Å²) >= 11 is 0. The smallest absolute Gasteiger partial charge is 0.252 e. The molecule has 2 aliphatic heterocycles. The van der Waals surface area contributed by atoms with Gasteiger partial charge in [0.25, 0.3) is 6.71 Å². The van der Waals surface area contributed by atoms with E-state index in [0.29, 0.717) is 0 Å². The zero-order valence-corrected chi connectivity index (χ0v) is 42.0. The Kier molecular flexibility index (Phi) is 10.2. The van der Waals surface area contributed by atoms with Crippen LogP contribution >= 0.6 is 0 Å². The minimum absolute atomic E-state index is 0.00222. The lowest BCUT2D eigenvalue weighted by atomic mass is 9.33. The Morgan fingerprint density at radius 3 is 1.39 bits per heavy atom. The molecule has 0 fully saturated rings. The number of hydrogen-bond donors (Lipinski definition) is 0. The molecule has 0 radical (unpaired) electrons. The van der Waals surface area contributed by atoms with Gasteiger partial charge < -0.3 is 14.7 Å². The standard InChI is InChI=1S/C62H68BN3/c1-39-22-21-23-40(2)57(39)65-52-36-47(64(45-24-17-15-18-25-45)46-26-19-16-20-27-46)28-29-50(52)63-51-37-48-49(62(13,14)31-30-61(48,11)12)38-53(51)66(55-35-44(60(8,9)10)34-54(65)56(55)63)58-41(3)32-43(33-42(58)4)59(5,6)7/h15-29,32-38H,30-31H2,1-14H3. The van der Waals surface area contributed by atoms with E-state index in [1.165, 1.54) is 101 Å². The third-order valence-corrected chi connectivity index (χ3v) is 15.4. The van der Waals surface area contributed by atoms with Crippen LogP contribution in [0.4, 0.5) is 51.2 Å². The Hall–Kier alpha value is -6.00. The first-order chi connectivity index (χ1) is 31.2. The zero-order valence-electron chi connectivity index (χ0n) is 42.0. The zero-order chi connectivity index (χ0) is 46.8. The van der Waals surface area contributed by atoms with E-state index in [4.69, 9.17) is 0 Å². The van der Waals surface area contributed by atoms with Crippen LogP contribution in [0.5, 0.6) is 0 Å². The number of rotatable bonds is 5. The SMILES string of the molecule is Cc1cccc(C)c1N1c2cc(N(c3ccccc3)c3ccccc3)ccc2B2c3cc4c(cc3N(c3c(C)cc(C(C)(C)C)cc3C)c3cc(C(C)(C)C)cc1c32)C(C)(C)CCC4(C)C. The third-order valence-electron chi connectivity index (χ3n) is 15.4. The van der Waals surface area contributed by atoms with E-state index in [1.807, 2.05) is 0 Å². The van der Waals surface area contributed by atoms with E-state index in [1.54, 1.807) is 0 Å². The average Bonchev–Trinajstić information content (AvgIpc) is 3.26. The Bertz CT molecular complexity index is 2970. The maximum absolute atomic E-state index is 2.71. The van der Waals surface area contributed by atoms with E-state index in [0.717, 1.165) is 23.5 Å². The maximum atomic E-state index is 2.71. The van der Waals surface area contributed by atoms with Crippen LogP contribution in [0.25, 0.3) is 0 Å². The average molecular weight is 866 g/mol. The summed E-state index contributed by atoms with van der Waals surface area (Å²) in [5.41, 5.74) is 26.0. The van der Waals surface area contributed by atoms with Gasteiger partial charge in [-0.3, -0.25) is 0 Å². The lowest BCUT2D eigenvalue weighted by Crippen LogP contribution is -2.62. The molecule has 3 nitrogen and oxygen atoms in total. The normalized spacial score (nSPS) is 15.8. The highest BCUT2D eigenvalue weighted by Gasteiger charge is 2.48. The summed E-state index contributed by atoms with van der Waals surface area (Å²) in [5, 5.41) is 0. The first-order valence-electron chi connectivity index (χ1n) is 24.4. The molecular weight excluding hydrogens is 798 g/mol. The molecule has 3 aliphatic rings. The van der Waals surface area contributed by atoms with Crippen LogP contribution in [0.3, 0.4) is 0 Å². The monoisotopic (exact) mass is 866 g/mol. The van der Waals surface area contributed by atoms with Crippen molar-refractivity contribution in [3.63, 3.8) is 0 Å². The molecule has 10 rings (SSSR count). The molecule has 66 heavy (non-hydrogen) atoms. The first-order valence-corrected chi connectivity index (χ1v) is 24.4. The fourth-order valence-electron chi connectivity index (χ4n) is 11.6. The van der Waals surface area contributed by atoms with Crippen LogP contribution in [0.15, 0.2) is 133 Å². The molecule has 7 aromatic rings. The van der Waals surface area contributed by atoms with Crippen LogP contribution < -0.4 is 31.1 Å². The minimum atomic E-state index is -0.124. The molecule has 0 bridgehead atoms. The van der Waals surface area contributed by atoms with Crippen molar-refractivity contribution in [3.05, 3.63) is 178 Å². The predicted molar refractivity (Wildman–Crippen MR) is 287 cm³/mol. The summed E-state index contributed by atoms with van der Waals surface area (Å²) in [5.74, 6) is 0. The summed E-state index contributed by atoms with van der Waals surface area (Å²) in [6.45, 7) is 33.3. The Morgan fingerprint density at radius 2 is 0.894 bits per heavy atom. The number of hydrogen-bond acceptors (Lipinski definition) is 3. The quantitative estimate of drug-likeness (QED) is 0.160. The molecule has 0 spiro atoms. The van der Waals surface area contributed by atoms with E-state index in [9.17, 15) is 0 Å². The largest absolute Gasteiger partial charge is 0.311 e. The van der Waals surface area contributed by atoms with Gasteiger partial charge in [0.1, 0.15) is 0 Å². The third kappa shape index (κ3) is 7.01. The van der Waals surface area contributed by atoms with Crippen molar-refractivity contribution in [1.82, 2.24) is 0 Å². The second kappa shape index (κ2) is 15.3. The Morgan fingerprint density at radius 1 is 0.439 bits per heavy atom. The second-order valence-electron chi connectivity index (χ2n) is 23.2. The predicted octanol–water partition coefficient (Wildman–Crippen LogP) is 15.4. The number of fused-ring (bicyclic) bond motifs is 5. The molecule has 1 aliphatic carbocycles. The van der Waals surface area contributed by atoms with E-state index < -0.39 is 0 Å². The van der Waals surface area contributed by atoms with Gasteiger partial charge in [-0.05, 0) is 178 Å². The molecule has 4 heteroatoms. The highest BCUT2D eigenvalue weighted by atomic mass is 15.2. The van der Waals surface area contributed by atoms with Gasteiger partial charge in [-0.25, -0.2) is 0 Å². The summed E-state index contributed by atoms with van der Waals surface area (Å²) in [7, 11) is 0. The molecule has 2 heterocycles. The molecular formula is C62H68BN3. The Balaban J connectivity index is 1.36. The lowest BCUT2D eigenvalue weighted by molar-refractivity contribution is 0.332. The van der Waals surface area contributed by atoms with Crippen molar-refractivity contribution in [3.8, 4) is 0 Å². The summed E-state index contributed by atoms with van der Waals surface area (Å²) in [6, 6.07) is 51.2. The van der Waals surface area contributed by atoms with Crippen LogP contribution in [-0.2, 0) is 21.7 Å². The minimum Gasteiger partial charge on any atom is -0.311 e. The van der Waals surface area contributed by atoms with Crippen LogP contribution in [0.2, 0.25) is 0 Å². The van der Waals surface area contributed by atoms with Crippen molar-refractivity contribution in [1.29, 1.82) is 0 Å². The number of anilines is 9. The van der Waals surface area contributed by atoms with Crippen molar-refractivity contribution in [2.45, 2.75) is 131 Å². The van der Waals surface area contributed by atoms with Crippen LogP contribution in [-0.4, -0.2) is 6.71 Å². The lowest BCUT2D eigenvalue weighted by Gasteiger charge is -2.48. The number of benzene rings is 7. The highest BCUT2D eigenvalue weighted by molar-refractivity contribution is 7.00. The molecule has 0 aromatic heterocycles. The molecule has 0 amide bonds. The molecule has 0 atom stereocenters. The van der Waals surface area contributed by atoms with Gasteiger partial charge in [-0.2, -0.15) is 0 Å². The number of nitrogens with zero attached hydrogens (tertiary/aromatic N) is 3. The summed E-state index contributed by atoms with van der Waals surface area (Å²) in [4.78, 5) is 7.78. The fraction of sp³-hybridized carbons (Fsp3) is 0.323. The van der Waals surface area contributed by atoms with Crippen LogP contribution in [0, 0.1) is 27.7 Å². The van der Waals surface area contributed by atoms with Crippen molar-refractivity contribution in [2.75, 3.05) is 14.7 Å². The maximum Gasteiger partial charge on any atom is 0.252 e. The van der Waals surface area contributed by atoms with Gasteiger partial charge in [0, 0.05) is 39.8 Å². The fourth-order valence-corrected chi connectivity index (χ4v) is 11.6. The van der Waals surface area contributed by atoms with E-state index in [2.05, 4.69) is 245 Å². The highest BCUT2D eigenvalue weighted by Crippen LogP contribution is 2.53. The molecule has 7 aromatic carbocycles. The van der Waals surface area contributed by atoms with Gasteiger partial charge in [0.05, 0.1) is 11.4 Å². The van der Waals surface area contributed by atoms with Crippen molar-refractivity contribution < 1.29 is 0 Å². The van der Waals surface area contributed by atoms with Crippen molar-refractivity contribution >= 4 is 74.3 Å². The van der Waals surface area contributed by atoms with Gasteiger partial charge in [-0.1, -0.05) is 148 Å². The first kappa shape index (κ1) is 43.9. The van der Waals surface area contributed by atoms with Gasteiger partial charge in [0.15, 0.2) is 0 Å². The molecule has 0 N–H and O–H groups in total. The van der Waals surface area contributed by atoms with E-state index in [-0.39, 0.29) is 28.4 Å². The summed E-state index contributed by atoms with van der Waals surface area (Å²) < 4.78 is 0. The van der Waals surface area contributed by atoms with Gasteiger partial charge >= 0.3 is 0 Å². The number of para-hydroxylation sites is 3. The number of aryl methyl sites for hydroxylation is 4.